The summed E-state index contributed by atoms with van der Waals surface area (Å²) in [7, 11) is -3.67. The van der Waals surface area contributed by atoms with Crippen LogP contribution in [0.25, 0.3) is 0 Å². The largest absolute Gasteiger partial charge is 0.471 e. The Morgan fingerprint density at radius 1 is 1.02 bits per heavy atom. The van der Waals surface area contributed by atoms with E-state index in [1.807, 2.05) is 12.1 Å². The van der Waals surface area contributed by atoms with Crippen molar-refractivity contribution in [3.63, 3.8) is 0 Å². The minimum atomic E-state index is -4.66. The molecule has 0 aliphatic carbocycles. The van der Waals surface area contributed by atoms with Crippen LogP contribution in [-0.4, -0.2) is 86.3 Å². The first-order valence-electron chi connectivity index (χ1n) is 13.7. The molecule has 2 bridgehead atoms. The van der Waals surface area contributed by atoms with E-state index in [9.17, 15) is 21.6 Å². The normalized spacial score (nSPS) is 26.3. The van der Waals surface area contributed by atoms with Crippen LogP contribution in [0, 0.1) is 0 Å². The van der Waals surface area contributed by atoms with Crippen molar-refractivity contribution < 1.29 is 31.1 Å². The summed E-state index contributed by atoms with van der Waals surface area (Å²) in [5.41, 5.74) is 0.0118. The Morgan fingerprint density at radius 2 is 1.73 bits per heavy atom. The second-order valence-corrected chi connectivity index (χ2v) is 12.7. The average Bonchev–Trinajstić information content (AvgIpc) is 3.53. The third-order valence-corrected chi connectivity index (χ3v) is 10.1. The lowest BCUT2D eigenvalue weighted by Crippen LogP contribution is -2.52. The van der Waals surface area contributed by atoms with E-state index < -0.39 is 33.7 Å². The second-order valence-electron chi connectivity index (χ2n) is 10.8. The number of anilines is 2. The van der Waals surface area contributed by atoms with Crippen molar-refractivity contribution in [3.05, 3.63) is 36.0 Å². The topological polar surface area (TPSA) is 109 Å². The highest BCUT2D eigenvalue weighted by Gasteiger charge is 2.39. The van der Waals surface area contributed by atoms with Crippen LogP contribution in [0.15, 0.2) is 35.4 Å². The summed E-state index contributed by atoms with van der Waals surface area (Å²) in [4.78, 5) is 10.5. The van der Waals surface area contributed by atoms with Gasteiger partial charge in [0.2, 0.25) is 21.9 Å². The summed E-state index contributed by atoms with van der Waals surface area (Å²) in [5.74, 6) is -0.515. The monoisotopic (exact) mass is 582 g/mol. The van der Waals surface area contributed by atoms with Crippen LogP contribution >= 0.6 is 0 Å². The zero-order valence-corrected chi connectivity index (χ0v) is 22.8. The van der Waals surface area contributed by atoms with Gasteiger partial charge in [0.25, 0.3) is 0 Å². The molecule has 14 heteroatoms. The van der Waals surface area contributed by atoms with Crippen LogP contribution < -0.4 is 20.3 Å². The Hall–Kier alpha value is -2.68. The molecular formula is C26H33F3N6O4S. The molecule has 0 radical (unpaired) electrons. The van der Waals surface area contributed by atoms with E-state index in [4.69, 9.17) is 9.47 Å². The van der Waals surface area contributed by atoms with Gasteiger partial charge in [0.05, 0.1) is 18.1 Å². The lowest BCUT2D eigenvalue weighted by molar-refractivity contribution is -0.139. The maximum atomic E-state index is 13.5. The van der Waals surface area contributed by atoms with Crippen molar-refractivity contribution in [2.24, 2.45) is 0 Å². The van der Waals surface area contributed by atoms with Gasteiger partial charge in [-0.15, -0.1) is 0 Å². The number of alkyl halides is 3. The van der Waals surface area contributed by atoms with Gasteiger partial charge in [-0.25, -0.2) is 13.4 Å². The van der Waals surface area contributed by atoms with Crippen LogP contribution in [-0.2, 0) is 20.9 Å². The molecule has 4 aliphatic rings. The van der Waals surface area contributed by atoms with Gasteiger partial charge in [-0.1, -0.05) is 0 Å². The number of rotatable bonds is 7. The number of halogens is 3. The SMILES string of the molecule is O=S(=O)(c1ccc(N2C3CCC2CNC3)cc1)N1CCC(Nc2ncc(C(F)(F)F)c(O[C@H]3CCOC3)n2)CC1. The van der Waals surface area contributed by atoms with Crippen LogP contribution in [0.4, 0.5) is 24.8 Å². The minimum absolute atomic E-state index is 0.0145. The highest BCUT2D eigenvalue weighted by atomic mass is 32.2. The molecule has 4 saturated heterocycles. The molecule has 218 valence electrons. The Bertz CT molecular complexity index is 1280. The zero-order chi connectivity index (χ0) is 27.9. The van der Waals surface area contributed by atoms with Crippen molar-refractivity contribution >= 4 is 21.7 Å². The molecule has 10 nitrogen and oxygen atoms in total. The second kappa shape index (κ2) is 11.0. The fraction of sp³-hybridized carbons (Fsp3) is 0.615. The summed E-state index contributed by atoms with van der Waals surface area (Å²) in [6, 6.07) is 7.86. The Kier molecular flexibility index (Phi) is 7.53. The standard InChI is InChI=1S/C26H33F3N6O4S/c27-26(28,29)23-15-31-25(33-24(23)39-21-9-12-38-16-21)32-17-7-10-34(11-8-17)40(36,37)22-5-3-18(4-6-22)35-19-1-2-20(35)14-30-13-19/h3-6,15,17,19-21,30H,1-2,7-14,16H2,(H,31,32,33)/t19?,20?,21-/m0/s1. The van der Waals surface area contributed by atoms with E-state index >= 15 is 0 Å². The molecule has 4 aliphatic heterocycles. The van der Waals surface area contributed by atoms with Crippen LogP contribution in [0.3, 0.4) is 0 Å². The number of hydrogen-bond acceptors (Lipinski definition) is 9. The number of benzene rings is 1. The lowest BCUT2D eigenvalue weighted by Gasteiger charge is -2.37. The molecule has 0 spiro atoms. The van der Waals surface area contributed by atoms with Crippen molar-refractivity contribution in [1.82, 2.24) is 19.6 Å². The fourth-order valence-corrected chi connectivity index (χ4v) is 7.52. The predicted octanol–water partition coefficient (Wildman–Crippen LogP) is 2.87. The smallest absolute Gasteiger partial charge is 0.423 e. The van der Waals surface area contributed by atoms with Crippen LogP contribution in [0.1, 0.15) is 37.7 Å². The molecule has 6 rings (SSSR count). The Balaban J connectivity index is 1.08. The Labute approximate surface area is 231 Å². The van der Waals surface area contributed by atoms with Crippen molar-refractivity contribution in [2.45, 2.75) is 67.4 Å². The number of sulfonamides is 1. The zero-order valence-electron chi connectivity index (χ0n) is 21.9. The number of hydrogen-bond donors (Lipinski definition) is 2. The molecule has 4 fully saturated rings. The molecule has 2 unspecified atom stereocenters. The van der Waals surface area contributed by atoms with Gasteiger partial charge in [-0.05, 0) is 49.9 Å². The molecule has 3 atom stereocenters. The molecule has 0 amide bonds. The maximum absolute atomic E-state index is 13.5. The summed E-state index contributed by atoms with van der Waals surface area (Å²) >= 11 is 0. The number of piperidine rings is 1. The molecule has 5 heterocycles. The van der Waals surface area contributed by atoms with Gasteiger partial charge in [0.1, 0.15) is 11.7 Å². The van der Waals surface area contributed by atoms with Crippen LogP contribution in [0.2, 0.25) is 0 Å². The summed E-state index contributed by atoms with van der Waals surface area (Å²) in [5, 5.41) is 6.52. The average molecular weight is 583 g/mol. The molecule has 0 saturated carbocycles. The third kappa shape index (κ3) is 5.58. The summed E-state index contributed by atoms with van der Waals surface area (Å²) < 4.78 is 79.3. The van der Waals surface area contributed by atoms with Crippen molar-refractivity contribution in [1.29, 1.82) is 0 Å². The van der Waals surface area contributed by atoms with Crippen molar-refractivity contribution in [3.8, 4) is 5.88 Å². The summed E-state index contributed by atoms with van der Waals surface area (Å²) in [6.45, 7) is 3.06. The lowest BCUT2D eigenvalue weighted by atomic mass is 10.1. The van der Waals surface area contributed by atoms with Gasteiger partial charge in [-0.3, -0.25) is 0 Å². The number of fused-ring (bicyclic) bond motifs is 2. The molecule has 2 N–H and O–H groups in total. The van der Waals surface area contributed by atoms with Crippen molar-refractivity contribution in [2.75, 3.05) is 49.6 Å². The molecule has 2 aromatic rings. The Morgan fingerprint density at radius 3 is 2.35 bits per heavy atom. The first kappa shape index (κ1) is 27.5. The number of piperazine rings is 1. The van der Waals surface area contributed by atoms with E-state index in [0.29, 0.717) is 38.0 Å². The quantitative estimate of drug-likeness (QED) is 0.510. The van der Waals surface area contributed by atoms with E-state index in [1.54, 1.807) is 12.1 Å². The maximum Gasteiger partial charge on any atom is 0.423 e. The number of aromatic nitrogens is 2. The van der Waals surface area contributed by atoms with Gasteiger partial charge in [-0.2, -0.15) is 22.5 Å². The number of nitrogens with one attached hydrogen (secondary N) is 2. The van der Waals surface area contributed by atoms with E-state index in [0.717, 1.165) is 37.8 Å². The number of nitrogens with zero attached hydrogens (tertiary/aromatic N) is 4. The van der Waals surface area contributed by atoms with E-state index in [1.165, 1.54) is 4.31 Å². The van der Waals surface area contributed by atoms with E-state index in [2.05, 4.69) is 25.5 Å². The number of ether oxygens (including phenoxy) is 2. The third-order valence-electron chi connectivity index (χ3n) is 8.17. The first-order valence-corrected chi connectivity index (χ1v) is 15.2. The first-order chi connectivity index (χ1) is 19.2. The van der Waals surface area contributed by atoms with Gasteiger partial charge in [0, 0.05) is 62.6 Å². The summed E-state index contributed by atoms with van der Waals surface area (Å²) in [6.07, 6.45) is -0.763. The van der Waals surface area contributed by atoms with Gasteiger partial charge < -0.3 is 25.0 Å². The fourth-order valence-electron chi connectivity index (χ4n) is 6.05. The molecule has 1 aromatic carbocycles. The minimum Gasteiger partial charge on any atom is -0.471 e. The molecular weight excluding hydrogens is 549 g/mol. The highest BCUT2D eigenvalue weighted by Crippen LogP contribution is 2.37. The highest BCUT2D eigenvalue weighted by molar-refractivity contribution is 7.89. The van der Waals surface area contributed by atoms with E-state index in [-0.39, 0.29) is 36.6 Å². The molecule has 40 heavy (non-hydrogen) atoms. The van der Waals surface area contributed by atoms with Crippen LogP contribution in [0.5, 0.6) is 5.88 Å². The molecule has 1 aromatic heterocycles. The van der Waals surface area contributed by atoms with Gasteiger partial charge in [0.15, 0.2) is 0 Å². The predicted molar refractivity (Wildman–Crippen MR) is 141 cm³/mol. The van der Waals surface area contributed by atoms with Gasteiger partial charge >= 0.3 is 6.18 Å².